The summed E-state index contributed by atoms with van der Waals surface area (Å²) in [7, 11) is 5.68. The molecule has 5 rings (SSSR count). The molecule has 0 fully saturated rings. The SMILES string of the molecule is CN(C)c1ccc2c(=O)n(-c3cccc(-c4cc(Nc5ccc(OCCO)c(OCCI)c5)c(=O)n(C)c4)c3CI)ccc2c1. The van der Waals surface area contributed by atoms with Crippen LogP contribution in [0.2, 0.25) is 0 Å². The van der Waals surface area contributed by atoms with Crippen LogP contribution in [0.25, 0.3) is 27.6 Å². The monoisotopic (exact) mass is 832 g/mol. The van der Waals surface area contributed by atoms with E-state index in [-0.39, 0.29) is 24.3 Å². The summed E-state index contributed by atoms with van der Waals surface area (Å²) >= 11 is 4.55. The highest BCUT2D eigenvalue weighted by molar-refractivity contribution is 14.1. The van der Waals surface area contributed by atoms with Crippen LogP contribution in [0, 0.1) is 0 Å². The van der Waals surface area contributed by atoms with Crippen LogP contribution >= 0.6 is 45.2 Å². The molecule has 0 aliphatic carbocycles. The number of aliphatic hydroxyl groups excluding tert-OH is 1. The normalized spacial score (nSPS) is 11.1. The first-order valence-corrected chi connectivity index (χ1v) is 17.4. The Morgan fingerprint density at radius 2 is 1.71 bits per heavy atom. The van der Waals surface area contributed by atoms with E-state index in [1.807, 2.05) is 79.9 Å². The summed E-state index contributed by atoms with van der Waals surface area (Å²) in [4.78, 5) is 29.0. The number of alkyl halides is 2. The van der Waals surface area contributed by atoms with Gasteiger partial charge in [-0.3, -0.25) is 14.2 Å². The van der Waals surface area contributed by atoms with Crippen molar-refractivity contribution in [3.63, 3.8) is 0 Å². The fourth-order valence-corrected chi connectivity index (χ4v) is 6.16. The zero-order valence-corrected chi connectivity index (χ0v) is 29.5. The number of aryl methyl sites for hydroxylation is 1. The second-order valence-electron chi connectivity index (χ2n) is 10.5. The summed E-state index contributed by atoms with van der Waals surface area (Å²) in [6, 6.07) is 20.9. The first-order chi connectivity index (χ1) is 21.7. The van der Waals surface area contributed by atoms with E-state index >= 15 is 0 Å². The molecule has 45 heavy (non-hydrogen) atoms. The summed E-state index contributed by atoms with van der Waals surface area (Å²) in [6.07, 6.45) is 3.65. The van der Waals surface area contributed by atoms with Crippen molar-refractivity contribution in [2.24, 2.45) is 7.05 Å². The van der Waals surface area contributed by atoms with Gasteiger partial charge < -0.3 is 29.4 Å². The molecule has 0 unspecified atom stereocenters. The van der Waals surface area contributed by atoms with E-state index in [0.29, 0.717) is 39.3 Å². The molecule has 2 heterocycles. The van der Waals surface area contributed by atoms with Crippen LogP contribution < -0.4 is 30.8 Å². The van der Waals surface area contributed by atoms with Crippen molar-refractivity contribution in [1.82, 2.24) is 9.13 Å². The molecule has 0 aliphatic heterocycles. The maximum absolute atomic E-state index is 13.7. The number of pyridine rings is 2. The Balaban J connectivity index is 1.55. The van der Waals surface area contributed by atoms with Crippen molar-refractivity contribution >= 4 is 73.0 Å². The molecule has 0 bridgehead atoms. The molecule has 2 N–H and O–H groups in total. The van der Waals surface area contributed by atoms with Gasteiger partial charge in [0, 0.05) is 70.8 Å². The highest BCUT2D eigenvalue weighted by atomic mass is 127. The number of aromatic nitrogens is 2. The molecule has 234 valence electrons. The lowest BCUT2D eigenvalue weighted by molar-refractivity contribution is 0.194. The Kier molecular flexibility index (Phi) is 10.7. The predicted octanol–water partition coefficient (Wildman–Crippen LogP) is 6.29. The van der Waals surface area contributed by atoms with E-state index in [4.69, 9.17) is 9.47 Å². The van der Waals surface area contributed by atoms with Crippen LogP contribution in [0.4, 0.5) is 17.1 Å². The maximum Gasteiger partial charge on any atom is 0.274 e. The van der Waals surface area contributed by atoms with Crippen molar-refractivity contribution in [2.45, 2.75) is 4.43 Å². The first-order valence-electron chi connectivity index (χ1n) is 14.3. The van der Waals surface area contributed by atoms with Gasteiger partial charge in [0.1, 0.15) is 12.3 Å². The largest absolute Gasteiger partial charge is 0.489 e. The Labute approximate surface area is 288 Å². The van der Waals surface area contributed by atoms with Gasteiger partial charge in [0.05, 0.1) is 18.9 Å². The highest BCUT2D eigenvalue weighted by Gasteiger charge is 2.16. The molecule has 0 aliphatic rings. The Bertz CT molecular complexity index is 1950. The third-order valence-electron chi connectivity index (χ3n) is 7.35. The van der Waals surface area contributed by atoms with Crippen molar-refractivity contribution < 1.29 is 14.6 Å². The van der Waals surface area contributed by atoms with Gasteiger partial charge >= 0.3 is 0 Å². The van der Waals surface area contributed by atoms with Gasteiger partial charge in [-0.1, -0.05) is 57.3 Å². The van der Waals surface area contributed by atoms with E-state index in [0.717, 1.165) is 37.9 Å². The zero-order valence-electron chi connectivity index (χ0n) is 25.2. The number of ether oxygens (including phenoxy) is 2. The highest BCUT2D eigenvalue weighted by Crippen LogP contribution is 2.34. The number of halogens is 2. The van der Waals surface area contributed by atoms with Crippen LogP contribution in [-0.4, -0.2) is 52.6 Å². The topological polar surface area (TPSA) is 98.0 Å². The van der Waals surface area contributed by atoms with E-state index in [1.165, 1.54) is 0 Å². The molecule has 3 aromatic carbocycles. The molecule has 5 aromatic rings. The van der Waals surface area contributed by atoms with Gasteiger partial charge in [-0.25, -0.2) is 0 Å². The van der Waals surface area contributed by atoms with Crippen LogP contribution in [-0.2, 0) is 11.5 Å². The molecular formula is C34H34I2N4O5. The average molecular weight is 832 g/mol. The average Bonchev–Trinajstić information content (AvgIpc) is 3.04. The smallest absolute Gasteiger partial charge is 0.274 e. The fraction of sp³-hybridized carbons (Fsp3) is 0.235. The molecule has 0 saturated carbocycles. The van der Waals surface area contributed by atoms with Crippen molar-refractivity contribution in [3.8, 4) is 28.3 Å². The number of benzene rings is 3. The lowest BCUT2D eigenvalue weighted by atomic mass is 9.99. The number of aliphatic hydroxyl groups is 1. The molecule has 9 nitrogen and oxygen atoms in total. The van der Waals surface area contributed by atoms with Crippen molar-refractivity contribution in [3.05, 3.63) is 105 Å². The number of hydrogen-bond donors (Lipinski definition) is 2. The maximum atomic E-state index is 13.7. The number of nitrogens with zero attached hydrogens (tertiary/aromatic N) is 3. The molecular weight excluding hydrogens is 798 g/mol. The quantitative estimate of drug-likeness (QED) is 0.113. The Morgan fingerprint density at radius 3 is 2.44 bits per heavy atom. The predicted molar refractivity (Wildman–Crippen MR) is 199 cm³/mol. The first kappa shape index (κ1) is 32.8. The van der Waals surface area contributed by atoms with Gasteiger partial charge in [0.25, 0.3) is 11.1 Å². The van der Waals surface area contributed by atoms with Crippen LogP contribution in [0.5, 0.6) is 11.5 Å². The molecule has 0 amide bonds. The summed E-state index contributed by atoms with van der Waals surface area (Å²) in [5.74, 6) is 1.04. The molecule has 0 saturated heterocycles. The van der Waals surface area contributed by atoms with Gasteiger partial charge in [-0.15, -0.1) is 0 Å². The van der Waals surface area contributed by atoms with Gasteiger partial charge in [0.2, 0.25) is 0 Å². The summed E-state index contributed by atoms with van der Waals surface area (Å²) < 4.78 is 16.2. The standard InChI is InChI=1S/C34H34I2N4O5/c1-38(2)25-8-9-27-22(17-25)11-13-40(33(27)42)30-6-4-5-26(28(30)20-36)23-18-29(34(43)39(3)21-23)37-24-7-10-31(45-16-14-41)32(19-24)44-15-12-35/h4-11,13,17-19,21,37,41H,12,14-16,20H2,1-3H3. The molecule has 0 atom stereocenters. The summed E-state index contributed by atoms with van der Waals surface area (Å²) in [5, 5.41) is 14.0. The molecule has 0 radical (unpaired) electrons. The second-order valence-corrected chi connectivity index (χ2v) is 12.4. The third-order valence-corrected chi connectivity index (χ3v) is 8.55. The van der Waals surface area contributed by atoms with E-state index in [9.17, 15) is 14.7 Å². The number of hydrogen-bond acceptors (Lipinski definition) is 7. The summed E-state index contributed by atoms with van der Waals surface area (Å²) in [6.45, 7) is 0.530. The lowest BCUT2D eigenvalue weighted by Crippen LogP contribution is -2.20. The number of nitrogens with one attached hydrogen (secondary N) is 1. The minimum atomic E-state index is -0.191. The van der Waals surface area contributed by atoms with Gasteiger partial charge in [-0.2, -0.15) is 0 Å². The van der Waals surface area contributed by atoms with Crippen molar-refractivity contribution in [1.29, 1.82) is 0 Å². The van der Waals surface area contributed by atoms with E-state index in [1.54, 1.807) is 34.4 Å². The molecule has 2 aromatic heterocycles. The van der Waals surface area contributed by atoms with Crippen LogP contribution in [0.3, 0.4) is 0 Å². The Hall–Kier alpha value is -3.56. The summed E-state index contributed by atoms with van der Waals surface area (Å²) in [5.41, 5.74) is 5.34. The van der Waals surface area contributed by atoms with E-state index < -0.39 is 0 Å². The number of rotatable bonds is 12. The fourth-order valence-electron chi connectivity index (χ4n) is 5.14. The Morgan fingerprint density at radius 1 is 0.911 bits per heavy atom. The number of anilines is 3. The lowest BCUT2D eigenvalue weighted by Gasteiger charge is -2.18. The van der Waals surface area contributed by atoms with Gasteiger partial charge in [0.15, 0.2) is 11.5 Å². The minimum absolute atomic E-state index is 0.0871. The second kappa shape index (κ2) is 14.7. The molecule has 0 spiro atoms. The minimum Gasteiger partial charge on any atom is -0.489 e. The van der Waals surface area contributed by atoms with Crippen LogP contribution in [0.1, 0.15) is 5.56 Å². The van der Waals surface area contributed by atoms with Crippen molar-refractivity contribution in [2.75, 3.05) is 48.6 Å². The third kappa shape index (κ3) is 7.15. The molecule has 11 heteroatoms. The zero-order chi connectivity index (χ0) is 32.1. The van der Waals surface area contributed by atoms with Gasteiger partial charge in [-0.05, 0) is 65.0 Å². The van der Waals surface area contributed by atoms with Crippen LogP contribution in [0.15, 0.2) is 88.7 Å². The van der Waals surface area contributed by atoms with E-state index in [2.05, 4.69) is 50.5 Å². The number of fused-ring (bicyclic) bond motifs is 1.